The smallest absolute Gasteiger partial charge is 0.269 e. The van der Waals surface area contributed by atoms with Crippen LogP contribution in [0.25, 0.3) is 0 Å². The molecule has 1 saturated carbocycles. The molecule has 3 N–H and O–H groups in total. The number of carbonyl (C=O) groups excluding carboxylic acids is 1. The molecule has 0 spiro atoms. The summed E-state index contributed by atoms with van der Waals surface area (Å²) in [6, 6.07) is 5.31. The highest BCUT2D eigenvalue weighted by molar-refractivity contribution is 7.80. The van der Waals surface area contributed by atoms with Crippen LogP contribution >= 0.6 is 12.2 Å². The number of nitrogens with one attached hydrogen (secondary N) is 3. The summed E-state index contributed by atoms with van der Waals surface area (Å²) in [7, 11) is 3.08. The number of thiocarbonyl (C=S) groups is 1. The fourth-order valence-corrected chi connectivity index (χ4v) is 3.36. The Hall–Kier alpha value is -2.02. The van der Waals surface area contributed by atoms with Gasteiger partial charge in [0.15, 0.2) is 16.6 Å². The third kappa shape index (κ3) is 4.98. The van der Waals surface area contributed by atoms with Gasteiger partial charge in [-0.2, -0.15) is 0 Å². The maximum absolute atomic E-state index is 12.3. The Balaban J connectivity index is 1.88. The van der Waals surface area contributed by atoms with E-state index in [9.17, 15) is 4.79 Å². The molecule has 1 aromatic rings. The Kier molecular flexibility index (Phi) is 6.87. The van der Waals surface area contributed by atoms with Gasteiger partial charge in [0, 0.05) is 11.6 Å². The van der Waals surface area contributed by atoms with E-state index in [1.165, 1.54) is 20.0 Å². The monoisotopic (exact) mass is 365 g/mol. The third-order valence-corrected chi connectivity index (χ3v) is 5.18. The molecule has 138 valence electrons. The largest absolute Gasteiger partial charge is 0.493 e. The zero-order chi connectivity index (χ0) is 18.4. The highest BCUT2D eigenvalue weighted by Crippen LogP contribution is 2.29. The quantitative estimate of drug-likeness (QED) is 0.563. The second-order valence-corrected chi connectivity index (χ2v) is 6.90. The van der Waals surface area contributed by atoms with E-state index in [2.05, 4.69) is 30.0 Å². The minimum atomic E-state index is -0.296. The molecule has 25 heavy (non-hydrogen) atoms. The minimum absolute atomic E-state index is 0.296. The van der Waals surface area contributed by atoms with Gasteiger partial charge in [-0.25, -0.2) is 0 Å². The lowest BCUT2D eigenvalue weighted by atomic mass is 9.78. The highest BCUT2D eigenvalue weighted by atomic mass is 32.1. The van der Waals surface area contributed by atoms with Crippen LogP contribution in [0.5, 0.6) is 11.5 Å². The average molecular weight is 365 g/mol. The standard InChI is InChI=1S/C18H27N3O3S/c1-11-6-5-7-14(12(11)2)19-18(25)21-20-17(22)13-8-9-15(23-3)16(10-13)24-4/h8-12,14H,5-7H2,1-4H3,(H,20,22)(H2,19,21,25)/t11-,12+,14-/m0/s1. The summed E-state index contributed by atoms with van der Waals surface area (Å²) >= 11 is 5.30. The van der Waals surface area contributed by atoms with Crippen molar-refractivity contribution < 1.29 is 14.3 Å². The number of rotatable bonds is 4. The molecule has 2 rings (SSSR count). The Morgan fingerprint density at radius 3 is 2.52 bits per heavy atom. The first-order valence-corrected chi connectivity index (χ1v) is 8.96. The van der Waals surface area contributed by atoms with E-state index in [1.807, 2.05) is 0 Å². The number of hydrogen-bond donors (Lipinski definition) is 3. The van der Waals surface area contributed by atoms with Crippen LogP contribution in [-0.4, -0.2) is 31.3 Å². The van der Waals surface area contributed by atoms with E-state index in [1.54, 1.807) is 25.3 Å². The van der Waals surface area contributed by atoms with Crippen molar-refractivity contribution in [3.05, 3.63) is 23.8 Å². The molecule has 1 aromatic carbocycles. The maximum atomic E-state index is 12.3. The number of hydrazine groups is 1. The van der Waals surface area contributed by atoms with E-state index >= 15 is 0 Å². The molecular weight excluding hydrogens is 338 g/mol. The molecular formula is C18H27N3O3S. The summed E-state index contributed by atoms with van der Waals surface area (Å²) in [5.41, 5.74) is 5.84. The normalized spacial score (nSPS) is 22.6. The molecule has 0 radical (unpaired) electrons. The summed E-state index contributed by atoms with van der Waals surface area (Å²) in [6.07, 6.45) is 3.55. The number of carbonyl (C=O) groups is 1. The van der Waals surface area contributed by atoms with Gasteiger partial charge in [0.2, 0.25) is 0 Å². The van der Waals surface area contributed by atoms with Crippen LogP contribution in [0, 0.1) is 11.8 Å². The van der Waals surface area contributed by atoms with E-state index < -0.39 is 0 Å². The van der Waals surface area contributed by atoms with Gasteiger partial charge in [-0.1, -0.05) is 26.7 Å². The first-order chi connectivity index (χ1) is 12.0. The first-order valence-electron chi connectivity index (χ1n) is 8.55. The summed E-state index contributed by atoms with van der Waals surface area (Å²) in [6.45, 7) is 4.51. The average Bonchev–Trinajstić information content (AvgIpc) is 2.62. The third-order valence-electron chi connectivity index (χ3n) is 4.96. The zero-order valence-electron chi connectivity index (χ0n) is 15.2. The van der Waals surface area contributed by atoms with Gasteiger partial charge in [-0.3, -0.25) is 15.6 Å². The summed E-state index contributed by atoms with van der Waals surface area (Å²) in [5.74, 6) is 2.01. The van der Waals surface area contributed by atoms with E-state index in [4.69, 9.17) is 21.7 Å². The molecule has 1 fully saturated rings. The van der Waals surface area contributed by atoms with Crippen molar-refractivity contribution in [2.24, 2.45) is 11.8 Å². The lowest BCUT2D eigenvalue weighted by molar-refractivity contribution is 0.0942. The van der Waals surface area contributed by atoms with Gasteiger partial charge < -0.3 is 14.8 Å². The number of hydrogen-bond acceptors (Lipinski definition) is 4. The Bertz CT molecular complexity index is 624. The molecule has 0 unspecified atom stereocenters. The zero-order valence-corrected chi connectivity index (χ0v) is 16.0. The molecule has 0 heterocycles. The second-order valence-electron chi connectivity index (χ2n) is 6.50. The summed E-state index contributed by atoms with van der Waals surface area (Å²) in [4.78, 5) is 12.3. The van der Waals surface area contributed by atoms with Crippen LogP contribution in [0.4, 0.5) is 0 Å². The van der Waals surface area contributed by atoms with Crippen LogP contribution < -0.4 is 25.6 Å². The Morgan fingerprint density at radius 2 is 1.84 bits per heavy atom. The number of benzene rings is 1. The Labute approximate surface area is 154 Å². The maximum Gasteiger partial charge on any atom is 0.269 e. The predicted molar refractivity (Wildman–Crippen MR) is 102 cm³/mol. The molecule has 0 saturated heterocycles. The molecule has 6 nitrogen and oxygen atoms in total. The molecule has 7 heteroatoms. The van der Waals surface area contributed by atoms with Crippen molar-refractivity contribution >= 4 is 23.2 Å². The van der Waals surface area contributed by atoms with Crippen LogP contribution in [0.3, 0.4) is 0 Å². The van der Waals surface area contributed by atoms with Gasteiger partial charge in [-0.05, 0) is 48.7 Å². The van der Waals surface area contributed by atoms with Crippen LogP contribution in [0.1, 0.15) is 43.5 Å². The van der Waals surface area contributed by atoms with Crippen molar-refractivity contribution in [2.45, 2.75) is 39.2 Å². The summed E-state index contributed by atoms with van der Waals surface area (Å²) in [5, 5.41) is 3.74. The molecule has 0 aromatic heterocycles. The van der Waals surface area contributed by atoms with Gasteiger partial charge in [0.25, 0.3) is 5.91 Å². The van der Waals surface area contributed by atoms with E-state index in [0.29, 0.717) is 40.1 Å². The van der Waals surface area contributed by atoms with Gasteiger partial charge in [0.1, 0.15) is 0 Å². The SMILES string of the molecule is COc1ccc(C(=O)NNC(=S)N[C@H]2CCC[C@H](C)[C@H]2C)cc1OC. The van der Waals surface area contributed by atoms with Crippen molar-refractivity contribution in [3.8, 4) is 11.5 Å². The molecule has 0 bridgehead atoms. The fraction of sp³-hybridized carbons (Fsp3) is 0.556. The van der Waals surface area contributed by atoms with Crippen LogP contribution in [0.15, 0.2) is 18.2 Å². The first kappa shape index (κ1) is 19.3. The topological polar surface area (TPSA) is 71.6 Å². The van der Waals surface area contributed by atoms with Crippen molar-refractivity contribution in [1.29, 1.82) is 0 Å². The van der Waals surface area contributed by atoms with Crippen LogP contribution in [0.2, 0.25) is 0 Å². The second kappa shape index (κ2) is 8.89. The molecule has 0 aliphatic heterocycles. The predicted octanol–water partition coefficient (Wildman–Crippen LogP) is 2.64. The number of amides is 1. The van der Waals surface area contributed by atoms with Gasteiger partial charge >= 0.3 is 0 Å². The Morgan fingerprint density at radius 1 is 1.12 bits per heavy atom. The highest BCUT2D eigenvalue weighted by Gasteiger charge is 2.27. The lowest BCUT2D eigenvalue weighted by Crippen LogP contribution is -2.52. The molecule has 1 amide bonds. The van der Waals surface area contributed by atoms with E-state index in [0.717, 1.165) is 6.42 Å². The number of methoxy groups -OCH3 is 2. The summed E-state index contributed by atoms with van der Waals surface area (Å²) < 4.78 is 10.4. The van der Waals surface area contributed by atoms with Crippen LogP contribution in [-0.2, 0) is 0 Å². The number of ether oxygens (including phenoxy) is 2. The fourth-order valence-electron chi connectivity index (χ4n) is 3.15. The molecule has 3 atom stereocenters. The molecule has 1 aliphatic carbocycles. The van der Waals surface area contributed by atoms with Gasteiger partial charge in [0.05, 0.1) is 14.2 Å². The molecule has 1 aliphatic rings. The minimum Gasteiger partial charge on any atom is -0.493 e. The van der Waals surface area contributed by atoms with Crippen molar-refractivity contribution in [2.75, 3.05) is 14.2 Å². The van der Waals surface area contributed by atoms with Crippen molar-refractivity contribution in [3.63, 3.8) is 0 Å². The van der Waals surface area contributed by atoms with E-state index in [-0.39, 0.29) is 5.91 Å². The van der Waals surface area contributed by atoms with Gasteiger partial charge in [-0.15, -0.1) is 0 Å². The lowest BCUT2D eigenvalue weighted by Gasteiger charge is -2.35. The van der Waals surface area contributed by atoms with Crippen molar-refractivity contribution in [1.82, 2.24) is 16.2 Å².